The van der Waals surface area contributed by atoms with E-state index in [-0.39, 0.29) is 0 Å². The van der Waals surface area contributed by atoms with Gasteiger partial charge in [-0.15, -0.1) is 0 Å². The Morgan fingerprint density at radius 1 is 1.05 bits per heavy atom. The minimum atomic E-state index is 0.640. The highest BCUT2D eigenvalue weighted by atomic mass is 79.9. The van der Waals surface area contributed by atoms with Crippen LogP contribution in [0.4, 0.5) is 5.69 Å². The molecule has 0 saturated heterocycles. The molecular weight excluding hydrogens is 462 g/mol. The zero-order valence-electron chi connectivity index (χ0n) is 11.8. The topological polar surface area (TPSA) is 21.3 Å². The number of nitrogens with one attached hydrogen (secondary N) is 1. The van der Waals surface area contributed by atoms with Gasteiger partial charge in [0.15, 0.2) is 0 Å². The molecule has 0 saturated carbocycles. The predicted molar refractivity (Wildman–Crippen MR) is 99.2 cm³/mol. The summed E-state index contributed by atoms with van der Waals surface area (Å²) in [5, 5.41) is 3.44. The number of anilines is 1. The van der Waals surface area contributed by atoms with E-state index >= 15 is 0 Å². The van der Waals surface area contributed by atoms with E-state index < -0.39 is 0 Å². The van der Waals surface area contributed by atoms with E-state index in [1.165, 1.54) is 5.56 Å². The van der Waals surface area contributed by atoms with E-state index in [1.54, 1.807) is 0 Å². The Labute approximate surface area is 150 Å². The highest BCUT2D eigenvalue weighted by Gasteiger charge is 2.10. The van der Waals surface area contributed by atoms with Crippen LogP contribution in [-0.2, 0) is 6.54 Å². The zero-order valence-corrected chi connectivity index (χ0v) is 16.6. The zero-order chi connectivity index (χ0) is 15.4. The van der Waals surface area contributed by atoms with Gasteiger partial charge >= 0.3 is 0 Å². The molecule has 21 heavy (non-hydrogen) atoms. The molecule has 2 rings (SSSR count). The van der Waals surface area contributed by atoms with Gasteiger partial charge in [0.2, 0.25) is 0 Å². The van der Waals surface area contributed by atoms with Gasteiger partial charge in [-0.2, -0.15) is 0 Å². The first-order valence-corrected chi connectivity index (χ1v) is 9.00. The lowest BCUT2D eigenvalue weighted by atomic mass is 10.2. The van der Waals surface area contributed by atoms with E-state index in [2.05, 4.69) is 84.3 Å². The molecule has 0 radical (unpaired) electrons. The minimum absolute atomic E-state index is 0.640. The molecule has 0 bridgehead atoms. The molecule has 0 heterocycles. The van der Waals surface area contributed by atoms with Gasteiger partial charge in [0, 0.05) is 26.7 Å². The predicted octanol–water partition coefficient (Wildman–Crippen LogP) is 6.29. The number of rotatable bonds is 5. The summed E-state index contributed by atoms with van der Waals surface area (Å²) in [7, 11) is 0. The molecule has 0 fully saturated rings. The minimum Gasteiger partial charge on any atom is -0.492 e. The third kappa shape index (κ3) is 4.47. The van der Waals surface area contributed by atoms with Crippen LogP contribution in [0.1, 0.15) is 18.1 Å². The molecule has 0 aliphatic rings. The Bertz CT molecular complexity index is 644. The lowest BCUT2D eigenvalue weighted by Gasteiger charge is -2.15. The van der Waals surface area contributed by atoms with Crippen LogP contribution in [0.5, 0.6) is 5.75 Å². The second-order valence-electron chi connectivity index (χ2n) is 4.65. The average Bonchev–Trinajstić information content (AvgIpc) is 2.41. The number of hydrogen-bond donors (Lipinski definition) is 1. The van der Waals surface area contributed by atoms with Gasteiger partial charge in [0.1, 0.15) is 5.75 Å². The van der Waals surface area contributed by atoms with Crippen molar-refractivity contribution in [1.29, 1.82) is 0 Å². The van der Waals surface area contributed by atoms with Gasteiger partial charge in [0.25, 0.3) is 0 Å². The fraction of sp³-hybridized carbons (Fsp3) is 0.250. The molecule has 0 unspecified atom stereocenters. The SMILES string of the molecule is CCOc1c(Br)cc(Br)cc1CNc1ccc(C)cc1Br. The Morgan fingerprint density at radius 3 is 2.48 bits per heavy atom. The van der Waals surface area contributed by atoms with Crippen LogP contribution in [-0.4, -0.2) is 6.61 Å². The molecule has 2 aromatic rings. The number of benzene rings is 2. The van der Waals surface area contributed by atoms with Crippen molar-refractivity contribution in [3.8, 4) is 5.75 Å². The number of halogens is 3. The molecule has 1 N–H and O–H groups in total. The van der Waals surface area contributed by atoms with Crippen LogP contribution in [0.3, 0.4) is 0 Å². The quantitative estimate of drug-likeness (QED) is 0.546. The van der Waals surface area contributed by atoms with Gasteiger partial charge in [-0.1, -0.05) is 22.0 Å². The maximum atomic E-state index is 5.74. The third-order valence-electron chi connectivity index (χ3n) is 2.97. The van der Waals surface area contributed by atoms with Crippen molar-refractivity contribution in [2.24, 2.45) is 0 Å². The molecule has 0 aliphatic heterocycles. The molecule has 0 aliphatic carbocycles. The molecule has 0 amide bonds. The van der Waals surface area contributed by atoms with Gasteiger partial charge in [0.05, 0.1) is 11.1 Å². The average molecular weight is 478 g/mol. The summed E-state index contributed by atoms with van der Waals surface area (Å²) in [6.45, 7) is 5.39. The molecule has 2 nitrogen and oxygen atoms in total. The summed E-state index contributed by atoms with van der Waals surface area (Å²) < 4.78 is 8.79. The molecule has 5 heteroatoms. The van der Waals surface area contributed by atoms with Crippen molar-refractivity contribution < 1.29 is 4.74 Å². The monoisotopic (exact) mass is 475 g/mol. The smallest absolute Gasteiger partial charge is 0.138 e. The normalized spacial score (nSPS) is 10.5. The highest BCUT2D eigenvalue weighted by molar-refractivity contribution is 9.11. The summed E-state index contributed by atoms with van der Waals surface area (Å²) >= 11 is 10.7. The molecule has 0 aromatic heterocycles. The standard InChI is InChI=1S/C16H16Br3NO/c1-3-21-16-11(7-12(17)8-14(16)19)9-20-15-5-4-10(2)6-13(15)18/h4-8,20H,3,9H2,1-2H3. The van der Waals surface area contributed by atoms with Gasteiger partial charge < -0.3 is 10.1 Å². The van der Waals surface area contributed by atoms with E-state index in [4.69, 9.17) is 4.74 Å². The van der Waals surface area contributed by atoms with Gasteiger partial charge in [-0.25, -0.2) is 0 Å². The van der Waals surface area contributed by atoms with E-state index in [9.17, 15) is 0 Å². The van der Waals surface area contributed by atoms with Crippen molar-refractivity contribution >= 4 is 53.5 Å². The fourth-order valence-electron chi connectivity index (χ4n) is 2.00. The summed E-state index contributed by atoms with van der Waals surface area (Å²) in [4.78, 5) is 0. The van der Waals surface area contributed by atoms with Crippen molar-refractivity contribution in [1.82, 2.24) is 0 Å². The third-order valence-corrected chi connectivity index (χ3v) is 4.67. The first-order valence-electron chi connectivity index (χ1n) is 6.62. The second-order valence-corrected chi connectivity index (χ2v) is 7.27. The highest BCUT2D eigenvalue weighted by Crippen LogP contribution is 2.34. The summed E-state index contributed by atoms with van der Waals surface area (Å²) in [5.41, 5.74) is 3.40. The molecule has 112 valence electrons. The Hall–Kier alpha value is -0.520. The Morgan fingerprint density at radius 2 is 1.81 bits per heavy atom. The van der Waals surface area contributed by atoms with Crippen LogP contribution in [0.25, 0.3) is 0 Å². The van der Waals surface area contributed by atoms with Crippen LogP contribution in [0.15, 0.2) is 43.7 Å². The van der Waals surface area contributed by atoms with Crippen molar-refractivity contribution in [2.45, 2.75) is 20.4 Å². The van der Waals surface area contributed by atoms with E-state index in [0.29, 0.717) is 13.2 Å². The van der Waals surface area contributed by atoms with Crippen LogP contribution in [0.2, 0.25) is 0 Å². The summed E-state index contributed by atoms with van der Waals surface area (Å²) in [5.74, 6) is 0.886. The molecular formula is C16H16Br3NO. The molecule has 0 atom stereocenters. The van der Waals surface area contributed by atoms with E-state index in [1.807, 2.05) is 13.0 Å². The lowest BCUT2D eigenvalue weighted by molar-refractivity contribution is 0.334. The van der Waals surface area contributed by atoms with Crippen molar-refractivity contribution in [2.75, 3.05) is 11.9 Å². The van der Waals surface area contributed by atoms with E-state index in [0.717, 1.165) is 30.4 Å². The van der Waals surface area contributed by atoms with Crippen molar-refractivity contribution in [3.05, 3.63) is 54.9 Å². The fourth-order valence-corrected chi connectivity index (χ4v) is 4.07. The van der Waals surface area contributed by atoms with Gasteiger partial charge in [-0.05, 0) is 75.5 Å². The molecule has 0 spiro atoms. The van der Waals surface area contributed by atoms with Gasteiger partial charge in [-0.3, -0.25) is 0 Å². The number of aryl methyl sites for hydroxylation is 1. The van der Waals surface area contributed by atoms with Crippen LogP contribution < -0.4 is 10.1 Å². The number of hydrogen-bond acceptors (Lipinski definition) is 2. The maximum absolute atomic E-state index is 5.74. The first-order chi connectivity index (χ1) is 10.0. The second kappa shape index (κ2) is 7.65. The summed E-state index contributed by atoms with van der Waals surface area (Å²) in [6.07, 6.45) is 0. The van der Waals surface area contributed by atoms with Crippen LogP contribution in [0, 0.1) is 6.92 Å². The van der Waals surface area contributed by atoms with Crippen LogP contribution >= 0.6 is 47.8 Å². The Kier molecular flexibility index (Phi) is 6.14. The Balaban J connectivity index is 2.22. The van der Waals surface area contributed by atoms with Crippen molar-refractivity contribution in [3.63, 3.8) is 0 Å². The molecule has 2 aromatic carbocycles. The largest absolute Gasteiger partial charge is 0.492 e. The lowest BCUT2D eigenvalue weighted by Crippen LogP contribution is -2.04. The summed E-state index contributed by atoms with van der Waals surface area (Å²) in [6, 6.07) is 10.3. The maximum Gasteiger partial charge on any atom is 0.138 e. The first kappa shape index (κ1) is 16.8. The number of ether oxygens (including phenoxy) is 1.